The van der Waals surface area contributed by atoms with Crippen LogP contribution in [-0.2, 0) is 33.4 Å². The molecule has 5 aliphatic rings. The molecule has 1 spiro atoms. The van der Waals surface area contributed by atoms with Crippen LogP contribution in [0.2, 0.25) is 0 Å². The van der Waals surface area contributed by atoms with Gasteiger partial charge in [-0.15, -0.1) is 0 Å². The van der Waals surface area contributed by atoms with Gasteiger partial charge in [0.2, 0.25) is 17.7 Å². The minimum absolute atomic E-state index is 0.0695. The summed E-state index contributed by atoms with van der Waals surface area (Å²) in [7, 11) is 0. The highest BCUT2D eigenvalue weighted by Gasteiger charge is 2.71. The number of fused-ring (bicyclic) bond motifs is 2. The number of ether oxygens (including phenoxy) is 3. The fourth-order valence-electron chi connectivity index (χ4n) is 7.39. The van der Waals surface area contributed by atoms with E-state index in [4.69, 9.17) is 14.2 Å². The number of morpholine rings is 1. The lowest BCUT2D eigenvalue weighted by Crippen LogP contribution is -2.56. The van der Waals surface area contributed by atoms with Crippen molar-refractivity contribution in [3.05, 3.63) is 60.2 Å². The molecule has 5 heterocycles. The number of aliphatic hydroxyl groups is 1. The molecule has 0 aromatic heterocycles. The van der Waals surface area contributed by atoms with Gasteiger partial charge in [0.1, 0.15) is 23.7 Å². The van der Waals surface area contributed by atoms with Crippen molar-refractivity contribution >= 4 is 23.7 Å². The fraction of sp³-hybridized carbons (Fsp3) is 0.576. The lowest BCUT2D eigenvalue weighted by Gasteiger charge is -2.36. The topological polar surface area (TPSA) is 138 Å². The zero-order valence-electron chi connectivity index (χ0n) is 25.6. The van der Waals surface area contributed by atoms with E-state index in [-0.39, 0.29) is 31.4 Å². The summed E-state index contributed by atoms with van der Waals surface area (Å²) < 4.78 is 18.3. The Labute approximate surface area is 262 Å². The number of esters is 1. The van der Waals surface area contributed by atoms with Crippen LogP contribution in [0.25, 0.3) is 0 Å². The molecule has 7 atom stereocenters. The minimum Gasteiger partial charge on any atom is -0.455 e. The third kappa shape index (κ3) is 6.04. The number of amides is 3. The highest BCUT2D eigenvalue weighted by molar-refractivity contribution is 5.99. The molecule has 5 aliphatic heterocycles. The Morgan fingerprint density at radius 1 is 1.00 bits per heavy atom. The maximum absolute atomic E-state index is 14.3. The Morgan fingerprint density at radius 2 is 1.78 bits per heavy atom. The van der Waals surface area contributed by atoms with Gasteiger partial charge in [0.05, 0.1) is 37.9 Å². The third-order valence-corrected chi connectivity index (χ3v) is 9.56. The molecule has 0 saturated carbocycles. The van der Waals surface area contributed by atoms with E-state index in [1.165, 1.54) is 4.90 Å². The molecule has 0 radical (unpaired) electrons. The number of cyclic esters (lactones) is 1. The molecule has 1 aromatic carbocycles. The number of hydrogen-bond donors (Lipinski definition) is 2. The summed E-state index contributed by atoms with van der Waals surface area (Å²) in [4.78, 5) is 60.9. The lowest BCUT2D eigenvalue weighted by atomic mass is 9.77. The summed E-state index contributed by atoms with van der Waals surface area (Å²) in [6, 6.07) is 7.57. The monoisotopic (exact) mass is 622 g/mol. The predicted octanol–water partition coefficient (Wildman–Crippen LogP) is 0.429. The van der Waals surface area contributed by atoms with Crippen LogP contribution >= 0.6 is 0 Å². The van der Waals surface area contributed by atoms with Crippen LogP contribution in [0.4, 0.5) is 0 Å². The van der Waals surface area contributed by atoms with Gasteiger partial charge in [-0.3, -0.25) is 24.1 Å². The average Bonchev–Trinajstić information content (AvgIpc) is 3.42. The molecule has 3 amide bonds. The largest absolute Gasteiger partial charge is 0.455 e. The number of hydrogen-bond acceptors (Lipinski definition) is 9. The quantitative estimate of drug-likeness (QED) is 0.342. The van der Waals surface area contributed by atoms with Crippen molar-refractivity contribution in [2.45, 2.75) is 49.7 Å². The Hall–Kier alpha value is -3.58. The number of likely N-dealkylation sites (tertiary alicyclic amines) is 1. The summed E-state index contributed by atoms with van der Waals surface area (Å²) in [5, 5.41) is 12.9. The summed E-state index contributed by atoms with van der Waals surface area (Å²) in [6.45, 7) is 5.67. The average molecular weight is 623 g/mol. The first-order valence-corrected chi connectivity index (χ1v) is 15.9. The van der Waals surface area contributed by atoms with E-state index >= 15 is 0 Å². The van der Waals surface area contributed by atoms with Gasteiger partial charge in [0, 0.05) is 45.7 Å². The molecule has 0 bridgehead atoms. The van der Waals surface area contributed by atoms with Crippen LogP contribution in [0, 0.1) is 11.8 Å². The second-order valence-corrected chi connectivity index (χ2v) is 12.3. The standard InChI is InChI=1S/C33H42N4O8/c1-22-28(23-8-3-2-4-9-23)44-32(42)26-24(10-5-6-11-25(39)34-22)45-33-12-7-13-36(15-14-35-17-20-43-21-18-35)31(41)29(33)37(16-19-38)30(40)27(26)33/h2-5,7-10,12,22,24,26-29,38H,6,11,13-21H2,1H3,(H,34,39)/b10-5-/t22-,24-,26+,27+,28+,29-,33+/m0/s1. The van der Waals surface area contributed by atoms with E-state index in [9.17, 15) is 24.3 Å². The molecule has 45 heavy (non-hydrogen) atoms. The molecule has 6 rings (SSSR count). The Morgan fingerprint density at radius 3 is 2.53 bits per heavy atom. The van der Waals surface area contributed by atoms with Gasteiger partial charge >= 0.3 is 5.97 Å². The zero-order valence-corrected chi connectivity index (χ0v) is 25.6. The molecule has 2 N–H and O–H groups in total. The minimum atomic E-state index is -1.43. The fourth-order valence-corrected chi connectivity index (χ4v) is 7.39. The highest BCUT2D eigenvalue weighted by atomic mass is 16.6. The van der Waals surface area contributed by atoms with Crippen LogP contribution in [-0.4, -0.2) is 126 Å². The van der Waals surface area contributed by atoms with Crippen LogP contribution in [0.15, 0.2) is 54.6 Å². The summed E-state index contributed by atoms with van der Waals surface area (Å²) in [5.41, 5.74) is -0.730. The number of carbonyl (C=O) groups is 4. The number of aliphatic hydroxyl groups excluding tert-OH is 1. The SMILES string of the molecule is C[C@@H]1NC(=O)CC/C=C\[C@@H]2O[C@@]34C=CCN(CCN5CCOCC5)C(=O)[C@@H]3N(CCO)C(=O)[C@H]4[C@@H]2C(=O)O[C@H]1c1ccccc1. The molecule has 242 valence electrons. The van der Waals surface area contributed by atoms with E-state index in [2.05, 4.69) is 10.2 Å². The van der Waals surface area contributed by atoms with Gasteiger partial charge < -0.3 is 34.4 Å². The van der Waals surface area contributed by atoms with Crippen molar-refractivity contribution < 1.29 is 38.5 Å². The van der Waals surface area contributed by atoms with Gasteiger partial charge in [-0.1, -0.05) is 54.6 Å². The first-order chi connectivity index (χ1) is 21.8. The van der Waals surface area contributed by atoms with Crippen molar-refractivity contribution in [1.29, 1.82) is 0 Å². The van der Waals surface area contributed by atoms with Gasteiger partial charge in [0.25, 0.3) is 0 Å². The number of benzene rings is 1. The van der Waals surface area contributed by atoms with E-state index < -0.39 is 53.6 Å². The molecule has 0 unspecified atom stereocenters. The molecule has 3 fully saturated rings. The number of allylic oxidation sites excluding steroid dienone is 1. The Kier molecular flexibility index (Phi) is 9.36. The van der Waals surface area contributed by atoms with Gasteiger partial charge in [0.15, 0.2) is 0 Å². The zero-order chi connectivity index (χ0) is 31.6. The maximum atomic E-state index is 14.3. The molecule has 0 aliphatic carbocycles. The number of carbonyl (C=O) groups excluding carboxylic acids is 4. The third-order valence-electron chi connectivity index (χ3n) is 9.56. The van der Waals surface area contributed by atoms with Gasteiger partial charge in [-0.2, -0.15) is 0 Å². The van der Waals surface area contributed by atoms with E-state index in [0.717, 1.165) is 13.1 Å². The first kappa shape index (κ1) is 31.4. The second-order valence-electron chi connectivity index (χ2n) is 12.3. The van der Waals surface area contributed by atoms with Crippen LogP contribution < -0.4 is 5.32 Å². The van der Waals surface area contributed by atoms with E-state index in [1.807, 2.05) is 36.4 Å². The van der Waals surface area contributed by atoms with Crippen LogP contribution in [0.3, 0.4) is 0 Å². The number of β-amino-alcohol motifs (C(OH)–C–C–N with tert-alkyl or cyclic N) is 1. The van der Waals surface area contributed by atoms with Crippen LogP contribution in [0.1, 0.15) is 31.4 Å². The molecule has 12 nitrogen and oxygen atoms in total. The smallest absolute Gasteiger partial charge is 0.313 e. The molecular weight excluding hydrogens is 580 g/mol. The van der Waals surface area contributed by atoms with Crippen molar-refractivity contribution in [3.8, 4) is 0 Å². The first-order valence-electron chi connectivity index (χ1n) is 15.9. The normalized spacial score (nSPS) is 35.0. The van der Waals surface area contributed by atoms with Gasteiger partial charge in [-0.25, -0.2) is 0 Å². The second kappa shape index (κ2) is 13.4. The van der Waals surface area contributed by atoms with Gasteiger partial charge in [-0.05, 0) is 18.9 Å². The lowest BCUT2D eigenvalue weighted by molar-refractivity contribution is -0.161. The predicted molar refractivity (Wildman–Crippen MR) is 161 cm³/mol. The Bertz CT molecular complexity index is 1330. The molecular formula is C33H42N4O8. The number of rotatable bonds is 6. The van der Waals surface area contributed by atoms with Crippen LogP contribution in [0.5, 0.6) is 0 Å². The number of nitrogens with zero attached hydrogens (tertiary/aromatic N) is 3. The number of nitrogens with one attached hydrogen (secondary N) is 1. The van der Waals surface area contributed by atoms with Crippen molar-refractivity contribution in [3.63, 3.8) is 0 Å². The van der Waals surface area contributed by atoms with Crippen molar-refractivity contribution in [1.82, 2.24) is 20.0 Å². The maximum Gasteiger partial charge on any atom is 0.313 e. The van der Waals surface area contributed by atoms with Crippen molar-refractivity contribution in [2.24, 2.45) is 11.8 Å². The van der Waals surface area contributed by atoms with E-state index in [0.29, 0.717) is 44.8 Å². The summed E-state index contributed by atoms with van der Waals surface area (Å²) in [6.07, 6.45) is 6.08. The van der Waals surface area contributed by atoms with E-state index in [1.54, 1.807) is 30.1 Å². The summed E-state index contributed by atoms with van der Waals surface area (Å²) >= 11 is 0. The Balaban J connectivity index is 1.35. The van der Waals surface area contributed by atoms with Crippen molar-refractivity contribution in [2.75, 3.05) is 59.1 Å². The summed E-state index contributed by atoms with van der Waals surface area (Å²) in [5.74, 6) is -3.61. The molecule has 3 saturated heterocycles. The molecule has 12 heteroatoms. The molecule has 1 aromatic rings. The highest BCUT2D eigenvalue weighted by Crippen LogP contribution is 2.53.